The van der Waals surface area contributed by atoms with Crippen LogP contribution in [0.25, 0.3) is 0 Å². The number of carbonyl (C=O) groups excluding carboxylic acids is 1. The molecule has 2 aromatic rings. The van der Waals surface area contributed by atoms with Gasteiger partial charge in [0.2, 0.25) is 6.29 Å². The summed E-state index contributed by atoms with van der Waals surface area (Å²) >= 11 is 0. The Morgan fingerprint density at radius 2 is 1.61 bits per heavy atom. The van der Waals surface area contributed by atoms with Gasteiger partial charge in [0.25, 0.3) is 8.32 Å². The minimum atomic E-state index is -2.61. The molecule has 8 rings (SSSR count). The Bertz CT molecular complexity index is 1490. The third-order valence-electron chi connectivity index (χ3n) is 13.1. The van der Waals surface area contributed by atoms with E-state index in [1.54, 1.807) is 0 Å². The van der Waals surface area contributed by atoms with Crippen LogP contribution in [0.1, 0.15) is 86.5 Å². The van der Waals surface area contributed by atoms with Crippen molar-refractivity contribution in [2.24, 2.45) is 28.6 Å². The molecule has 3 heterocycles. The number of allylic oxidation sites excluding steroid dienone is 1. The van der Waals surface area contributed by atoms with Gasteiger partial charge < -0.3 is 23.4 Å². The quantitative estimate of drug-likeness (QED) is 0.262. The molecule has 3 aliphatic carbocycles. The molecule has 0 radical (unpaired) electrons. The first-order chi connectivity index (χ1) is 21.9. The summed E-state index contributed by atoms with van der Waals surface area (Å²) in [6.45, 7) is 13.8. The first kappa shape index (κ1) is 30.9. The third kappa shape index (κ3) is 4.27. The third-order valence-corrected chi connectivity index (χ3v) is 18.2. The van der Waals surface area contributed by atoms with Gasteiger partial charge >= 0.3 is 5.97 Å². The van der Waals surface area contributed by atoms with E-state index < -0.39 is 20.4 Å². The first-order valence-electron chi connectivity index (χ1n) is 17.6. The van der Waals surface area contributed by atoms with E-state index in [2.05, 4.69) is 88.4 Å². The van der Waals surface area contributed by atoms with Crippen molar-refractivity contribution in [3.8, 4) is 0 Å². The number of benzene rings is 2. The minimum Gasteiger partial charge on any atom is -0.487 e. The number of fused-ring (bicyclic) bond motifs is 3. The molecule has 246 valence electrons. The Hall–Kier alpha value is -2.45. The van der Waals surface area contributed by atoms with Gasteiger partial charge in [-0.3, -0.25) is 4.79 Å². The molecule has 0 amide bonds. The highest BCUT2D eigenvalue weighted by molar-refractivity contribution is 6.99. The predicted molar refractivity (Wildman–Crippen MR) is 179 cm³/mol. The molecule has 9 atom stereocenters. The van der Waals surface area contributed by atoms with E-state index in [9.17, 15) is 4.79 Å². The Morgan fingerprint density at radius 3 is 2.24 bits per heavy atom. The van der Waals surface area contributed by atoms with E-state index in [0.717, 1.165) is 50.7 Å². The molecule has 2 saturated carbocycles. The lowest BCUT2D eigenvalue weighted by atomic mass is 9.49. The zero-order chi connectivity index (χ0) is 32.1. The fourth-order valence-electron chi connectivity index (χ4n) is 11.1. The molecule has 1 spiro atoms. The molecular weight excluding hydrogens is 593 g/mol. The summed E-state index contributed by atoms with van der Waals surface area (Å²) in [5.41, 5.74) is 1.55. The van der Waals surface area contributed by atoms with E-state index >= 15 is 0 Å². The van der Waals surface area contributed by atoms with E-state index in [1.165, 1.54) is 22.9 Å². The van der Waals surface area contributed by atoms with Crippen LogP contribution in [0.4, 0.5) is 0 Å². The van der Waals surface area contributed by atoms with Crippen LogP contribution in [0.5, 0.6) is 0 Å². The number of esters is 1. The zero-order valence-corrected chi connectivity index (χ0v) is 29.3. The monoisotopic (exact) mass is 642 g/mol. The second-order valence-electron chi connectivity index (χ2n) is 16.5. The Morgan fingerprint density at radius 1 is 0.935 bits per heavy atom. The van der Waals surface area contributed by atoms with Crippen LogP contribution in [-0.2, 0) is 28.2 Å². The van der Waals surface area contributed by atoms with Crippen molar-refractivity contribution in [2.45, 2.75) is 116 Å². The van der Waals surface area contributed by atoms with Gasteiger partial charge in [0, 0.05) is 13.0 Å². The van der Waals surface area contributed by atoms with Gasteiger partial charge in [-0.15, -0.1) is 0 Å². The molecule has 3 saturated heterocycles. The van der Waals surface area contributed by atoms with Crippen molar-refractivity contribution in [3.05, 3.63) is 72.0 Å². The molecule has 6 aliphatic rings. The van der Waals surface area contributed by atoms with E-state index in [-0.39, 0.29) is 40.0 Å². The van der Waals surface area contributed by atoms with Crippen molar-refractivity contribution in [2.75, 3.05) is 6.61 Å². The summed E-state index contributed by atoms with van der Waals surface area (Å²) in [5.74, 6) is 1.19. The average Bonchev–Trinajstić information content (AvgIpc) is 3.63. The van der Waals surface area contributed by atoms with Crippen LogP contribution < -0.4 is 10.4 Å². The lowest BCUT2D eigenvalue weighted by molar-refractivity contribution is -0.253. The van der Waals surface area contributed by atoms with Gasteiger partial charge in [0.05, 0.1) is 17.9 Å². The van der Waals surface area contributed by atoms with Crippen molar-refractivity contribution in [1.82, 2.24) is 0 Å². The minimum absolute atomic E-state index is 0.0261. The SMILES string of the molecule is CC(=O)O[C@H]1O[C@]2(C)OC[C@]34CC[C@H]5C(=C3O[C@H]1[C@H]24)CC[C@H]1C[C@@H](O[Si](c2ccccc2)(c2ccccc2)C(C)(C)C)CC[C@@]15C. The molecular formula is C39H50O6Si. The molecule has 0 bridgehead atoms. The normalized spacial score (nSPS) is 39.6. The first-order valence-corrected chi connectivity index (χ1v) is 19.5. The topological polar surface area (TPSA) is 63.2 Å². The van der Waals surface area contributed by atoms with Crippen LogP contribution in [0.3, 0.4) is 0 Å². The fourth-order valence-corrected chi connectivity index (χ4v) is 15.8. The van der Waals surface area contributed by atoms with E-state index in [1.807, 2.05) is 6.92 Å². The molecule has 5 fully saturated rings. The molecule has 3 aliphatic heterocycles. The van der Waals surface area contributed by atoms with Crippen molar-refractivity contribution in [3.63, 3.8) is 0 Å². The molecule has 46 heavy (non-hydrogen) atoms. The predicted octanol–water partition coefficient (Wildman–Crippen LogP) is 6.86. The summed E-state index contributed by atoms with van der Waals surface area (Å²) < 4.78 is 32.8. The molecule has 6 nitrogen and oxygen atoms in total. The molecule has 7 heteroatoms. The summed E-state index contributed by atoms with van der Waals surface area (Å²) in [7, 11) is -2.61. The molecule has 2 aromatic carbocycles. The Balaban J connectivity index is 1.09. The van der Waals surface area contributed by atoms with Gasteiger partial charge in [-0.2, -0.15) is 0 Å². The largest absolute Gasteiger partial charge is 0.487 e. The Kier molecular flexibility index (Phi) is 7.06. The smallest absolute Gasteiger partial charge is 0.305 e. The van der Waals surface area contributed by atoms with Gasteiger partial charge in [0.1, 0.15) is 5.76 Å². The number of hydrogen-bond donors (Lipinski definition) is 0. The van der Waals surface area contributed by atoms with Crippen LogP contribution >= 0.6 is 0 Å². The maximum Gasteiger partial charge on any atom is 0.305 e. The zero-order valence-electron chi connectivity index (χ0n) is 28.3. The van der Waals surface area contributed by atoms with Crippen LogP contribution in [0, 0.1) is 28.6 Å². The maximum absolute atomic E-state index is 12.0. The second-order valence-corrected chi connectivity index (χ2v) is 20.7. The number of rotatable bonds is 5. The van der Waals surface area contributed by atoms with E-state index in [0.29, 0.717) is 18.4 Å². The highest BCUT2D eigenvalue weighted by Crippen LogP contribution is 2.70. The highest BCUT2D eigenvalue weighted by Gasteiger charge is 2.75. The van der Waals surface area contributed by atoms with Crippen LogP contribution in [-0.4, -0.2) is 45.2 Å². The Labute approximate surface area is 275 Å². The standard InChI is InChI=1S/C39H50O6Si/c1-25(40)42-35-32-33-38(6,44-35)41-24-39(33)22-20-31-30(34(39)43-32)18-17-26-23-27(19-21-37(26,31)5)45-46(36(2,3)4,28-13-9-7-10-14-28)29-15-11-8-12-16-29/h7-16,26-27,31-33,35H,17-24H2,1-6H3/t26-,27-,31-,32-,33+,35-,37-,38-,39-/m0/s1. The van der Waals surface area contributed by atoms with Crippen molar-refractivity contribution >= 4 is 24.7 Å². The average molecular weight is 643 g/mol. The van der Waals surface area contributed by atoms with E-state index in [4.69, 9.17) is 23.4 Å². The number of hydrogen-bond acceptors (Lipinski definition) is 6. The molecule has 0 N–H and O–H groups in total. The van der Waals surface area contributed by atoms with Crippen LogP contribution in [0.15, 0.2) is 72.0 Å². The maximum atomic E-state index is 12.0. The van der Waals surface area contributed by atoms with Crippen molar-refractivity contribution in [1.29, 1.82) is 0 Å². The summed E-state index contributed by atoms with van der Waals surface area (Å²) in [6.07, 6.45) is 6.96. The number of ether oxygens (including phenoxy) is 4. The van der Waals surface area contributed by atoms with Gasteiger partial charge in [-0.05, 0) is 90.1 Å². The molecule has 0 aromatic heterocycles. The van der Waals surface area contributed by atoms with Gasteiger partial charge in [0.15, 0.2) is 11.9 Å². The van der Waals surface area contributed by atoms with Gasteiger partial charge in [-0.25, -0.2) is 0 Å². The summed E-state index contributed by atoms with van der Waals surface area (Å²) in [5, 5.41) is 2.70. The number of carbonyl (C=O) groups is 1. The highest BCUT2D eigenvalue weighted by atomic mass is 28.4. The lowest BCUT2D eigenvalue weighted by Crippen LogP contribution is -2.68. The summed E-state index contributed by atoms with van der Waals surface area (Å²) in [6, 6.07) is 22.2. The summed E-state index contributed by atoms with van der Waals surface area (Å²) in [4.78, 5) is 12.0. The lowest BCUT2D eigenvalue weighted by Gasteiger charge is -2.57. The molecule has 0 unspecified atom stereocenters. The van der Waals surface area contributed by atoms with Crippen LogP contribution in [0.2, 0.25) is 5.04 Å². The van der Waals surface area contributed by atoms with Crippen molar-refractivity contribution < 1.29 is 28.2 Å². The fraction of sp³-hybridized carbons (Fsp3) is 0.615. The van der Waals surface area contributed by atoms with Gasteiger partial charge in [-0.1, -0.05) is 88.4 Å². The second kappa shape index (κ2) is 10.5.